The van der Waals surface area contributed by atoms with E-state index in [1.807, 2.05) is 12.1 Å². The molecule has 1 fully saturated rings. The van der Waals surface area contributed by atoms with Crippen LogP contribution in [0.2, 0.25) is 5.02 Å². The second-order valence-corrected chi connectivity index (χ2v) is 6.01. The molecule has 0 spiro atoms. The first-order valence-electron chi connectivity index (χ1n) is 7.39. The number of benzene rings is 1. The molecule has 1 aliphatic heterocycles. The number of hydrogen-bond donors (Lipinski definition) is 1. The molecule has 1 N–H and O–H groups in total. The van der Waals surface area contributed by atoms with Gasteiger partial charge in [0.25, 0.3) is 0 Å². The van der Waals surface area contributed by atoms with Crippen LogP contribution in [0.25, 0.3) is 0 Å². The average Bonchev–Trinajstić information content (AvgIpc) is 2.81. The second-order valence-electron chi connectivity index (χ2n) is 5.58. The lowest BCUT2D eigenvalue weighted by molar-refractivity contribution is 0.289. The molecule has 2 unspecified atom stereocenters. The van der Waals surface area contributed by atoms with Crippen LogP contribution in [0.15, 0.2) is 24.3 Å². The van der Waals surface area contributed by atoms with Gasteiger partial charge in [0.2, 0.25) is 0 Å². The third-order valence-electron chi connectivity index (χ3n) is 4.12. The van der Waals surface area contributed by atoms with Gasteiger partial charge in [-0.1, -0.05) is 37.1 Å². The van der Waals surface area contributed by atoms with Crippen molar-refractivity contribution in [3.63, 3.8) is 0 Å². The number of likely N-dealkylation sites (N-methyl/N-ethyl adjacent to an activating group) is 1. The van der Waals surface area contributed by atoms with Gasteiger partial charge in [0.05, 0.1) is 0 Å². The van der Waals surface area contributed by atoms with Crippen LogP contribution < -0.4 is 5.32 Å². The molecular weight excluding hydrogens is 256 g/mol. The van der Waals surface area contributed by atoms with Gasteiger partial charge in [0, 0.05) is 23.7 Å². The molecule has 1 aromatic carbocycles. The number of nitrogens with zero attached hydrogens (tertiary/aromatic N) is 1. The Morgan fingerprint density at radius 1 is 1.37 bits per heavy atom. The number of hydrogen-bond acceptors (Lipinski definition) is 2. The van der Waals surface area contributed by atoms with Crippen molar-refractivity contribution < 1.29 is 0 Å². The van der Waals surface area contributed by atoms with Gasteiger partial charge in [-0.15, -0.1) is 0 Å². The van der Waals surface area contributed by atoms with Crippen molar-refractivity contribution in [2.24, 2.45) is 0 Å². The summed E-state index contributed by atoms with van der Waals surface area (Å²) in [4.78, 5) is 2.47. The Hall–Kier alpha value is -0.570. The van der Waals surface area contributed by atoms with Crippen LogP contribution in [0.4, 0.5) is 0 Å². The van der Waals surface area contributed by atoms with Gasteiger partial charge in [0.15, 0.2) is 0 Å². The van der Waals surface area contributed by atoms with E-state index in [1.165, 1.54) is 37.8 Å². The third kappa shape index (κ3) is 4.20. The van der Waals surface area contributed by atoms with Crippen LogP contribution in [-0.2, 0) is 0 Å². The van der Waals surface area contributed by atoms with E-state index >= 15 is 0 Å². The van der Waals surface area contributed by atoms with Gasteiger partial charge in [-0.3, -0.25) is 0 Å². The van der Waals surface area contributed by atoms with Crippen molar-refractivity contribution in [2.75, 3.05) is 20.1 Å². The zero-order chi connectivity index (χ0) is 13.7. The summed E-state index contributed by atoms with van der Waals surface area (Å²) in [5.74, 6) is 0. The van der Waals surface area contributed by atoms with Gasteiger partial charge < -0.3 is 10.2 Å². The molecule has 1 aliphatic rings. The minimum atomic E-state index is 0.455. The van der Waals surface area contributed by atoms with Crippen LogP contribution >= 0.6 is 11.6 Å². The maximum atomic E-state index is 5.97. The number of rotatable bonds is 6. The lowest BCUT2D eigenvalue weighted by atomic mass is 10.0. The molecule has 0 radical (unpaired) electrons. The summed E-state index contributed by atoms with van der Waals surface area (Å²) in [5.41, 5.74) is 1.35. The van der Waals surface area contributed by atoms with Crippen molar-refractivity contribution in [1.82, 2.24) is 10.2 Å². The maximum Gasteiger partial charge on any atom is 0.0406 e. The summed E-state index contributed by atoms with van der Waals surface area (Å²) in [7, 11) is 2.23. The highest BCUT2D eigenvalue weighted by Gasteiger charge is 2.21. The lowest BCUT2D eigenvalue weighted by Gasteiger charge is -2.24. The van der Waals surface area contributed by atoms with Crippen molar-refractivity contribution in [2.45, 2.75) is 44.7 Å². The molecule has 0 aromatic heterocycles. The van der Waals surface area contributed by atoms with Gasteiger partial charge >= 0.3 is 0 Å². The van der Waals surface area contributed by atoms with Gasteiger partial charge in [0.1, 0.15) is 0 Å². The SMILES string of the molecule is CCCC(NCC1CCCN1C)c1ccc(Cl)cc1. The summed E-state index contributed by atoms with van der Waals surface area (Å²) in [6, 6.07) is 9.43. The first kappa shape index (κ1) is 14.8. The minimum absolute atomic E-state index is 0.455. The molecule has 2 nitrogen and oxygen atoms in total. The Labute approximate surface area is 122 Å². The average molecular weight is 281 g/mol. The Balaban J connectivity index is 1.93. The third-order valence-corrected chi connectivity index (χ3v) is 4.37. The maximum absolute atomic E-state index is 5.97. The summed E-state index contributed by atoms with van der Waals surface area (Å²) < 4.78 is 0. The summed E-state index contributed by atoms with van der Waals surface area (Å²) in [6.07, 6.45) is 5.03. The molecule has 0 saturated carbocycles. The van der Waals surface area contributed by atoms with Crippen LogP contribution in [0.5, 0.6) is 0 Å². The Kier molecular flexibility index (Phi) is 5.68. The molecule has 2 atom stereocenters. The van der Waals surface area contributed by atoms with Crippen LogP contribution in [0.3, 0.4) is 0 Å². The van der Waals surface area contributed by atoms with Gasteiger partial charge in [-0.25, -0.2) is 0 Å². The van der Waals surface area contributed by atoms with E-state index in [0.29, 0.717) is 12.1 Å². The molecule has 0 bridgehead atoms. The van der Waals surface area contributed by atoms with Crippen molar-refractivity contribution in [1.29, 1.82) is 0 Å². The van der Waals surface area contributed by atoms with E-state index in [9.17, 15) is 0 Å². The first-order chi connectivity index (χ1) is 9.20. The molecule has 106 valence electrons. The molecule has 0 amide bonds. The van der Waals surface area contributed by atoms with Crippen LogP contribution in [0.1, 0.15) is 44.2 Å². The Morgan fingerprint density at radius 3 is 2.68 bits per heavy atom. The molecule has 1 saturated heterocycles. The molecule has 2 rings (SSSR count). The van der Waals surface area contributed by atoms with E-state index < -0.39 is 0 Å². The summed E-state index contributed by atoms with van der Waals surface area (Å²) in [5, 5.41) is 4.56. The van der Waals surface area contributed by atoms with Crippen LogP contribution in [0, 0.1) is 0 Å². The highest BCUT2D eigenvalue weighted by molar-refractivity contribution is 6.30. The zero-order valence-corrected chi connectivity index (χ0v) is 12.8. The van der Waals surface area contributed by atoms with Crippen molar-refractivity contribution >= 4 is 11.6 Å². The standard InChI is InChI=1S/C16H25ClN2/c1-3-5-16(13-7-9-14(17)10-8-13)18-12-15-6-4-11-19(15)2/h7-10,15-16,18H,3-6,11-12H2,1-2H3. The number of likely N-dealkylation sites (tertiary alicyclic amines) is 1. The zero-order valence-electron chi connectivity index (χ0n) is 12.0. The second kappa shape index (κ2) is 7.28. The Bertz CT molecular complexity index is 377. The molecule has 3 heteroatoms. The van der Waals surface area contributed by atoms with Crippen LogP contribution in [-0.4, -0.2) is 31.1 Å². The van der Waals surface area contributed by atoms with Gasteiger partial charge in [-0.05, 0) is 50.6 Å². The molecule has 1 aromatic rings. The summed E-state index contributed by atoms with van der Waals surface area (Å²) >= 11 is 5.97. The fraction of sp³-hybridized carbons (Fsp3) is 0.625. The predicted molar refractivity (Wildman–Crippen MR) is 82.8 cm³/mol. The predicted octanol–water partition coefficient (Wildman–Crippen LogP) is 3.87. The molecule has 0 aliphatic carbocycles. The van der Waals surface area contributed by atoms with E-state index in [1.54, 1.807) is 0 Å². The fourth-order valence-electron chi connectivity index (χ4n) is 2.89. The smallest absolute Gasteiger partial charge is 0.0406 e. The quantitative estimate of drug-likeness (QED) is 0.851. The monoisotopic (exact) mass is 280 g/mol. The Morgan fingerprint density at radius 2 is 2.11 bits per heavy atom. The molecular formula is C16H25ClN2. The lowest BCUT2D eigenvalue weighted by Crippen LogP contribution is -2.37. The first-order valence-corrected chi connectivity index (χ1v) is 7.77. The minimum Gasteiger partial charge on any atom is -0.308 e. The highest BCUT2D eigenvalue weighted by atomic mass is 35.5. The molecule has 19 heavy (non-hydrogen) atoms. The topological polar surface area (TPSA) is 15.3 Å². The normalized spacial score (nSPS) is 21.7. The van der Waals surface area contributed by atoms with E-state index in [4.69, 9.17) is 11.6 Å². The highest BCUT2D eigenvalue weighted by Crippen LogP contribution is 2.22. The van der Waals surface area contributed by atoms with E-state index in [-0.39, 0.29) is 0 Å². The number of nitrogens with one attached hydrogen (secondary N) is 1. The van der Waals surface area contributed by atoms with Crippen molar-refractivity contribution in [3.05, 3.63) is 34.9 Å². The fourth-order valence-corrected chi connectivity index (χ4v) is 3.01. The van der Waals surface area contributed by atoms with E-state index in [2.05, 4.69) is 36.3 Å². The summed E-state index contributed by atoms with van der Waals surface area (Å²) in [6.45, 7) is 4.57. The van der Waals surface area contributed by atoms with Gasteiger partial charge in [-0.2, -0.15) is 0 Å². The largest absolute Gasteiger partial charge is 0.308 e. The van der Waals surface area contributed by atoms with Crippen molar-refractivity contribution in [3.8, 4) is 0 Å². The number of halogens is 1. The van der Waals surface area contributed by atoms with E-state index in [0.717, 1.165) is 11.6 Å². The molecule has 1 heterocycles.